The number of hydrogen-bond acceptors (Lipinski definition) is 5. The van der Waals surface area contributed by atoms with Gasteiger partial charge < -0.3 is 10.6 Å². The molecule has 0 aliphatic heterocycles. The van der Waals surface area contributed by atoms with Gasteiger partial charge in [-0.1, -0.05) is 26.8 Å². The van der Waals surface area contributed by atoms with Crippen LogP contribution in [-0.4, -0.2) is 21.8 Å². The second-order valence-electron chi connectivity index (χ2n) is 7.13. The highest BCUT2D eigenvalue weighted by molar-refractivity contribution is 9.10. The fourth-order valence-electron chi connectivity index (χ4n) is 2.29. The molecule has 28 heavy (non-hydrogen) atoms. The maximum Gasteiger partial charge on any atom is 0.267 e. The average Bonchev–Trinajstić information content (AvgIpc) is 3.15. The summed E-state index contributed by atoms with van der Waals surface area (Å²) in [5.74, 6) is -0.110. The monoisotopic (exact) mass is 458 g/mol. The summed E-state index contributed by atoms with van der Waals surface area (Å²) in [5.41, 5.74) is 0.844. The summed E-state index contributed by atoms with van der Waals surface area (Å²) >= 11 is 4.67. The van der Waals surface area contributed by atoms with Crippen LogP contribution in [0.3, 0.4) is 0 Å². The fourth-order valence-corrected chi connectivity index (χ4v) is 3.40. The zero-order chi connectivity index (χ0) is 20.3. The Balaban J connectivity index is 1.70. The number of hydrogen-bond donors (Lipinski definition) is 2. The lowest BCUT2D eigenvalue weighted by molar-refractivity contribution is 0.101. The summed E-state index contributed by atoms with van der Waals surface area (Å²) in [5, 5.41) is 6.44. The van der Waals surface area contributed by atoms with Gasteiger partial charge in [-0.3, -0.25) is 9.59 Å². The molecule has 0 saturated heterocycles. The number of benzene rings is 1. The number of thiazole rings is 1. The van der Waals surface area contributed by atoms with Crippen LogP contribution in [0.5, 0.6) is 0 Å². The summed E-state index contributed by atoms with van der Waals surface area (Å²) in [6.45, 7) is 6.15. The second-order valence-corrected chi connectivity index (χ2v) is 9.08. The van der Waals surface area contributed by atoms with Crippen molar-refractivity contribution in [2.75, 3.05) is 10.6 Å². The number of nitrogens with zero attached hydrogens (tertiary/aromatic N) is 2. The number of carbonyl (C=O) groups excluding carboxylic acids is 2. The number of rotatable bonds is 4. The van der Waals surface area contributed by atoms with Gasteiger partial charge in [0, 0.05) is 27.3 Å². The highest BCUT2D eigenvalue weighted by atomic mass is 79.9. The van der Waals surface area contributed by atoms with Gasteiger partial charge in [0.15, 0.2) is 0 Å². The van der Waals surface area contributed by atoms with Crippen molar-refractivity contribution in [3.63, 3.8) is 0 Å². The topological polar surface area (TPSA) is 84.0 Å². The molecule has 8 heteroatoms. The lowest BCUT2D eigenvalue weighted by atomic mass is 9.98. The first-order chi connectivity index (χ1) is 13.2. The minimum Gasteiger partial charge on any atom is -0.321 e. The third kappa shape index (κ3) is 5.02. The van der Waals surface area contributed by atoms with E-state index < -0.39 is 0 Å². The smallest absolute Gasteiger partial charge is 0.267 e. The van der Waals surface area contributed by atoms with Gasteiger partial charge in [0.25, 0.3) is 11.8 Å². The minimum absolute atomic E-state index is 0.109. The van der Waals surface area contributed by atoms with Gasteiger partial charge in [0.05, 0.1) is 11.2 Å². The van der Waals surface area contributed by atoms with Crippen molar-refractivity contribution < 1.29 is 9.59 Å². The molecule has 0 fully saturated rings. The molecular weight excluding hydrogens is 440 g/mol. The summed E-state index contributed by atoms with van der Waals surface area (Å²) in [6, 6.07) is 10.2. The number of anilines is 2. The van der Waals surface area contributed by atoms with Crippen LogP contribution in [0.2, 0.25) is 0 Å². The van der Waals surface area contributed by atoms with Gasteiger partial charge in [-0.05, 0) is 46.3 Å². The van der Waals surface area contributed by atoms with E-state index in [0.29, 0.717) is 21.9 Å². The van der Waals surface area contributed by atoms with Crippen molar-refractivity contribution in [2.45, 2.75) is 26.2 Å². The zero-order valence-corrected chi connectivity index (χ0v) is 18.0. The minimum atomic E-state index is -0.307. The van der Waals surface area contributed by atoms with Crippen LogP contribution in [0.15, 0.2) is 53.3 Å². The van der Waals surface area contributed by atoms with Crippen LogP contribution in [0, 0.1) is 0 Å². The SMILES string of the molecule is CC(C)(C)c1ncc(C(=O)Nc2cccc(C(=O)Nc3ccc(Br)cn3)c2)s1. The van der Waals surface area contributed by atoms with Crippen molar-refractivity contribution >= 4 is 50.6 Å². The van der Waals surface area contributed by atoms with Gasteiger partial charge in [-0.15, -0.1) is 11.3 Å². The lowest BCUT2D eigenvalue weighted by Crippen LogP contribution is -2.14. The van der Waals surface area contributed by atoms with E-state index >= 15 is 0 Å². The molecule has 0 unspecified atom stereocenters. The van der Waals surface area contributed by atoms with Crippen molar-refractivity contribution in [3.8, 4) is 0 Å². The molecule has 2 heterocycles. The largest absolute Gasteiger partial charge is 0.321 e. The van der Waals surface area contributed by atoms with Crippen LogP contribution in [0.1, 0.15) is 45.8 Å². The van der Waals surface area contributed by atoms with Crippen LogP contribution in [0.25, 0.3) is 0 Å². The molecule has 2 N–H and O–H groups in total. The Morgan fingerprint density at radius 1 is 1.00 bits per heavy atom. The fraction of sp³-hybridized carbons (Fsp3) is 0.200. The second kappa shape index (κ2) is 8.20. The first-order valence-electron chi connectivity index (χ1n) is 8.53. The van der Waals surface area contributed by atoms with E-state index in [2.05, 4.69) is 57.3 Å². The predicted octanol–water partition coefficient (Wildman–Crippen LogP) is 5.10. The van der Waals surface area contributed by atoms with E-state index in [0.717, 1.165) is 9.48 Å². The summed E-state index contributed by atoms with van der Waals surface area (Å²) in [6.07, 6.45) is 3.18. The molecule has 3 rings (SSSR count). The van der Waals surface area contributed by atoms with Crippen LogP contribution in [-0.2, 0) is 5.41 Å². The van der Waals surface area contributed by atoms with Crippen molar-refractivity contribution in [3.05, 3.63) is 68.7 Å². The standard InChI is InChI=1S/C20H19BrN4O2S/c1-20(2,3)19-23-11-15(28-19)18(27)24-14-6-4-5-12(9-14)17(26)25-16-8-7-13(21)10-22-16/h4-11H,1-3H3,(H,24,27)(H,22,25,26). The van der Waals surface area contributed by atoms with E-state index in [1.54, 1.807) is 48.8 Å². The normalized spacial score (nSPS) is 11.1. The molecular formula is C20H19BrN4O2S. The molecule has 0 aliphatic rings. The molecule has 1 aromatic carbocycles. The first-order valence-corrected chi connectivity index (χ1v) is 10.1. The lowest BCUT2D eigenvalue weighted by Gasteiger charge is -2.13. The van der Waals surface area contributed by atoms with Gasteiger partial charge in [0.2, 0.25) is 0 Å². The van der Waals surface area contributed by atoms with Crippen molar-refractivity contribution in [1.82, 2.24) is 9.97 Å². The molecule has 6 nitrogen and oxygen atoms in total. The summed E-state index contributed by atoms with van der Waals surface area (Å²) < 4.78 is 0.827. The van der Waals surface area contributed by atoms with Crippen LogP contribution in [0.4, 0.5) is 11.5 Å². The first kappa shape index (κ1) is 20.2. The molecule has 0 radical (unpaired) electrons. The van der Waals surface area contributed by atoms with Crippen molar-refractivity contribution in [2.24, 2.45) is 0 Å². The zero-order valence-electron chi connectivity index (χ0n) is 15.6. The van der Waals surface area contributed by atoms with Gasteiger partial charge in [0.1, 0.15) is 10.7 Å². The Morgan fingerprint density at radius 2 is 1.79 bits per heavy atom. The van der Waals surface area contributed by atoms with E-state index in [4.69, 9.17) is 0 Å². The molecule has 0 spiro atoms. The van der Waals surface area contributed by atoms with Crippen LogP contribution < -0.4 is 10.6 Å². The Bertz CT molecular complexity index is 1010. The maximum absolute atomic E-state index is 12.5. The van der Waals surface area contributed by atoms with Gasteiger partial charge in [-0.25, -0.2) is 9.97 Å². The third-order valence-corrected chi connectivity index (χ3v) is 5.61. The van der Waals surface area contributed by atoms with E-state index in [9.17, 15) is 9.59 Å². The Hall–Kier alpha value is -2.58. The summed E-state index contributed by atoms with van der Waals surface area (Å²) in [7, 11) is 0. The molecule has 0 aliphatic carbocycles. The number of aromatic nitrogens is 2. The van der Waals surface area contributed by atoms with Crippen LogP contribution >= 0.6 is 27.3 Å². The van der Waals surface area contributed by atoms with Gasteiger partial charge >= 0.3 is 0 Å². The Labute approximate surface area is 175 Å². The molecule has 0 atom stereocenters. The maximum atomic E-state index is 12.5. The highest BCUT2D eigenvalue weighted by Gasteiger charge is 2.20. The van der Waals surface area contributed by atoms with Crippen molar-refractivity contribution in [1.29, 1.82) is 0 Å². The Morgan fingerprint density at radius 3 is 2.43 bits per heavy atom. The molecule has 0 saturated carbocycles. The number of nitrogens with one attached hydrogen (secondary N) is 2. The van der Waals surface area contributed by atoms with E-state index in [1.807, 2.05) is 0 Å². The van der Waals surface area contributed by atoms with E-state index in [-0.39, 0.29) is 17.2 Å². The average molecular weight is 459 g/mol. The predicted molar refractivity (Wildman–Crippen MR) is 115 cm³/mol. The molecule has 144 valence electrons. The number of pyridine rings is 1. The number of halogens is 1. The molecule has 0 bridgehead atoms. The quantitative estimate of drug-likeness (QED) is 0.569. The number of carbonyl (C=O) groups is 2. The molecule has 2 amide bonds. The Kier molecular flexibility index (Phi) is 5.90. The van der Waals surface area contributed by atoms with E-state index in [1.165, 1.54) is 11.3 Å². The summed E-state index contributed by atoms with van der Waals surface area (Å²) in [4.78, 5) is 33.9. The highest BCUT2D eigenvalue weighted by Crippen LogP contribution is 2.27. The van der Waals surface area contributed by atoms with Gasteiger partial charge in [-0.2, -0.15) is 0 Å². The molecule has 2 aromatic heterocycles. The number of amides is 2. The third-order valence-electron chi connectivity index (χ3n) is 3.72. The molecule has 3 aromatic rings.